The summed E-state index contributed by atoms with van der Waals surface area (Å²) in [5, 5.41) is 6.92. The van der Waals surface area contributed by atoms with Gasteiger partial charge in [0.15, 0.2) is 6.29 Å². The molecule has 0 spiro atoms. The zero-order chi connectivity index (χ0) is 9.10. The minimum absolute atomic E-state index is 0.594. The van der Waals surface area contributed by atoms with E-state index in [1.165, 1.54) is 0 Å². The van der Waals surface area contributed by atoms with Crippen molar-refractivity contribution in [2.45, 2.75) is 6.54 Å². The van der Waals surface area contributed by atoms with Crippen LogP contribution >= 0.6 is 11.3 Å². The van der Waals surface area contributed by atoms with Gasteiger partial charge in [0.05, 0.1) is 18.3 Å². The molecular formula is C8H7N3OS. The molecule has 0 amide bonds. The first-order valence-electron chi connectivity index (χ1n) is 3.74. The fourth-order valence-corrected chi connectivity index (χ4v) is 1.60. The first-order valence-corrected chi connectivity index (χ1v) is 4.62. The summed E-state index contributed by atoms with van der Waals surface area (Å²) in [6.07, 6.45) is 5.78. The normalized spacial score (nSPS) is 10.2. The molecule has 0 aromatic carbocycles. The molecule has 2 aromatic rings. The van der Waals surface area contributed by atoms with Crippen molar-refractivity contribution in [3.8, 4) is 0 Å². The molecule has 13 heavy (non-hydrogen) atoms. The van der Waals surface area contributed by atoms with Crippen molar-refractivity contribution in [2.24, 2.45) is 0 Å². The fraction of sp³-hybridized carbons (Fsp3) is 0.125. The summed E-state index contributed by atoms with van der Waals surface area (Å²) < 4.78 is 1.70. The summed E-state index contributed by atoms with van der Waals surface area (Å²) >= 11 is 1.57. The number of thiazole rings is 1. The lowest BCUT2D eigenvalue weighted by molar-refractivity contribution is 0.112. The number of carbonyl (C=O) groups excluding carboxylic acids is 1. The van der Waals surface area contributed by atoms with Crippen LogP contribution in [0.4, 0.5) is 0 Å². The molecule has 2 rings (SSSR count). The molecule has 66 valence electrons. The minimum Gasteiger partial charge on any atom is -0.298 e. The van der Waals surface area contributed by atoms with Crippen molar-refractivity contribution in [3.63, 3.8) is 0 Å². The molecule has 2 aromatic heterocycles. The predicted octanol–water partition coefficient (Wildman–Crippen LogP) is 1.20. The SMILES string of the molecule is O=Cc1cnn(Cc2nccs2)c1. The number of rotatable bonds is 3. The topological polar surface area (TPSA) is 47.8 Å². The second-order valence-corrected chi connectivity index (χ2v) is 3.49. The largest absolute Gasteiger partial charge is 0.298 e. The smallest absolute Gasteiger partial charge is 0.153 e. The van der Waals surface area contributed by atoms with Crippen LogP contribution in [0, 0.1) is 0 Å². The van der Waals surface area contributed by atoms with Crippen LogP contribution < -0.4 is 0 Å². The number of aromatic nitrogens is 3. The quantitative estimate of drug-likeness (QED) is 0.688. The molecule has 4 nitrogen and oxygen atoms in total. The van der Waals surface area contributed by atoms with Gasteiger partial charge in [0, 0.05) is 17.8 Å². The monoisotopic (exact) mass is 193 g/mol. The Balaban J connectivity index is 2.14. The van der Waals surface area contributed by atoms with Crippen LogP contribution in [0.1, 0.15) is 15.4 Å². The Morgan fingerprint density at radius 3 is 3.15 bits per heavy atom. The van der Waals surface area contributed by atoms with Crippen LogP contribution in [0.5, 0.6) is 0 Å². The highest BCUT2D eigenvalue weighted by atomic mass is 32.1. The van der Waals surface area contributed by atoms with E-state index in [1.54, 1.807) is 34.6 Å². The lowest BCUT2D eigenvalue weighted by atomic mass is 10.4. The third kappa shape index (κ3) is 1.81. The summed E-state index contributed by atoms with van der Waals surface area (Å²) in [5.74, 6) is 0. The van der Waals surface area contributed by atoms with Crippen LogP contribution in [0.25, 0.3) is 0 Å². The Morgan fingerprint density at radius 2 is 2.54 bits per heavy atom. The first kappa shape index (κ1) is 8.12. The highest BCUT2D eigenvalue weighted by Crippen LogP contribution is 2.06. The molecule has 0 saturated carbocycles. The Labute approximate surface area is 78.8 Å². The molecule has 0 atom stereocenters. The van der Waals surface area contributed by atoms with E-state index in [9.17, 15) is 4.79 Å². The van der Waals surface area contributed by atoms with E-state index >= 15 is 0 Å². The van der Waals surface area contributed by atoms with Gasteiger partial charge in [-0.3, -0.25) is 9.48 Å². The van der Waals surface area contributed by atoms with Crippen LogP contribution in [0.15, 0.2) is 24.0 Å². The maximum atomic E-state index is 10.4. The number of hydrogen-bond donors (Lipinski definition) is 0. The van der Waals surface area contributed by atoms with E-state index in [0.717, 1.165) is 11.3 Å². The van der Waals surface area contributed by atoms with E-state index in [1.807, 2.05) is 5.38 Å². The second-order valence-electron chi connectivity index (χ2n) is 2.51. The number of nitrogens with zero attached hydrogens (tertiary/aromatic N) is 3. The second kappa shape index (κ2) is 3.49. The van der Waals surface area contributed by atoms with Gasteiger partial charge in [-0.05, 0) is 0 Å². The van der Waals surface area contributed by atoms with Crippen molar-refractivity contribution in [1.29, 1.82) is 0 Å². The Kier molecular flexibility index (Phi) is 2.18. The lowest BCUT2D eigenvalue weighted by Gasteiger charge is -1.94. The van der Waals surface area contributed by atoms with Crippen LogP contribution in [-0.4, -0.2) is 21.1 Å². The van der Waals surface area contributed by atoms with E-state index in [-0.39, 0.29) is 0 Å². The Hall–Kier alpha value is -1.49. The van der Waals surface area contributed by atoms with Crippen LogP contribution in [0.3, 0.4) is 0 Å². The molecule has 5 heteroatoms. The van der Waals surface area contributed by atoms with Gasteiger partial charge in [0.25, 0.3) is 0 Å². The zero-order valence-corrected chi connectivity index (χ0v) is 7.57. The van der Waals surface area contributed by atoms with E-state index in [0.29, 0.717) is 12.1 Å². The summed E-state index contributed by atoms with van der Waals surface area (Å²) in [5.41, 5.74) is 0.594. The highest BCUT2D eigenvalue weighted by Gasteiger charge is 1.99. The molecule has 0 aliphatic rings. The van der Waals surface area contributed by atoms with Crippen molar-refractivity contribution in [1.82, 2.24) is 14.8 Å². The van der Waals surface area contributed by atoms with Gasteiger partial charge >= 0.3 is 0 Å². The van der Waals surface area contributed by atoms with Crippen LogP contribution in [-0.2, 0) is 6.54 Å². The van der Waals surface area contributed by atoms with Gasteiger partial charge < -0.3 is 0 Å². The van der Waals surface area contributed by atoms with Crippen LogP contribution in [0.2, 0.25) is 0 Å². The summed E-state index contributed by atoms with van der Waals surface area (Å²) in [6.45, 7) is 0.630. The number of hydrogen-bond acceptors (Lipinski definition) is 4. The van der Waals surface area contributed by atoms with Gasteiger partial charge in [-0.15, -0.1) is 11.3 Å². The molecule has 0 fully saturated rings. The van der Waals surface area contributed by atoms with E-state index in [4.69, 9.17) is 0 Å². The van der Waals surface area contributed by atoms with Gasteiger partial charge in [-0.2, -0.15) is 5.10 Å². The number of aldehydes is 1. The zero-order valence-electron chi connectivity index (χ0n) is 6.75. The molecule has 2 heterocycles. The van der Waals surface area contributed by atoms with Gasteiger partial charge in [0.1, 0.15) is 5.01 Å². The minimum atomic E-state index is 0.594. The first-order chi connectivity index (χ1) is 6.38. The van der Waals surface area contributed by atoms with Crippen molar-refractivity contribution >= 4 is 17.6 Å². The third-order valence-electron chi connectivity index (χ3n) is 1.57. The maximum Gasteiger partial charge on any atom is 0.153 e. The molecule has 0 bridgehead atoms. The molecule has 0 unspecified atom stereocenters. The van der Waals surface area contributed by atoms with Gasteiger partial charge in [0.2, 0.25) is 0 Å². The van der Waals surface area contributed by atoms with Crippen molar-refractivity contribution in [2.75, 3.05) is 0 Å². The van der Waals surface area contributed by atoms with Gasteiger partial charge in [-0.25, -0.2) is 4.98 Å². The predicted molar refractivity (Wildman–Crippen MR) is 48.8 cm³/mol. The molecule has 0 aliphatic heterocycles. The molecular weight excluding hydrogens is 186 g/mol. The Morgan fingerprint density at radius 1 is 1.62 bits per heavy atom. The summed E-state index contributed by atoms with van der Waals surface area (Å²) in [6, 6.07) is 0. The average Bonchev–Trinajstić information content (AvgIpc) is 2.76. The third-order valence-corrected chi connectivity index (χ3v) is 2.33. The molecule has 0 radical (unpaired) electrons. The molecule has 0 N–H and O–H groups in total. The molecule has 0 aliphatic carbocycles. The average molecular weight is 193 g/mol. The maximum absolute atomic E-state index is 10.4. The molecule has 0 saturated heterocycles. The highest BCUT2D eigenvalue weighted by molar-refractivity contribution is 7.09. The van der Waals surface area contributed by atoms with E-state index in [2.05, 4.69) is 10.1 Å². The number of carbonyl (C=O) groups is 1. The summed E-state index contributed by atoms with van der Waals surface area (Å²) in [4.78, 5) is 14.5. The summed E-state index contributed by atoms with van der Waals surface area (Å²) in [7, 11) is 0. The lowest BCUT2D eigenvalue weighted by Crippen LogP contribution is -1.98. The van der Waals surface area contributed by atoms with Crippen molar-refractivity contribution < 1.29 is 4.79 Å². The Bertz CT molecular complexity index is 393. The van der Waals surface area contributed by atoms with Gasteiger partial charge in [-0.1, -0.05) is 0 Å². The fourth-order valence-electron chi connectivity index (χ4n) is 0.997. The van der Waals surface area contributed by atoms with E-state index < -0.39 is 0 Å². The van der Waals surface area contributed by atoms with Crippen molar-refractivity contribution in [3.05, 3.63) is 34.5 Å². The standard InChI is InChI=1S/C8H7N3OS/c12-6-7-3-10-11(4-7)5-8-9-1-2-13-8/h1-4,6H,5H2.